The van der Waals surface area contributed by atoms with Crippen molar-refractivity contribution in [3.63, 3.8) is 0 Å². The molecule has 2 heteroatoms. The van der Waals surface area contributed by atoms with E-state index in [-0.39, 0.29) is 0 Å². The maximum absolute atomic E-state index is 4.48. The summed E-state index contributed by atoms with van der Waals surface area (Å²) in [5.74, 6) is 0. The molecule has 1 aromatic rings. The lowest BCUT2D eigenvalue weighted by Gasteiger charge is -1.92. The van der Waals surface area contributed by atoms with Crippen LogP contribution in [0.3, 0.4) is 0 Å². The van der Waals surface area contributed by atoms with E-state index in [0.29, 0.717) is 13.2 Å². The number of unbranched alkanes of at least 4 members (excludes halogenated alkanes) is 3. The van der Waals surface area contributed by atoms with Gasteiger partial charge in [0.15, 0.2) is 0 Å². The van der Waals surface area contributed by atoms with Crippen LogP contribution in [-0.2, 0) is 9.78 Å². The molecule has 2 nitrogen and oxygen atoms in total. The molecule has 1 aromatic carbocycles. The maximum atomic E-state index is 4.48. The third-order valence-electron chi connectivity index (χ3n) is 2.45. The highest BCUT2D eigenvalue weighted by molar-refractivity contribution is 5.20. The Hall–Kier alpha value is -0.860. The van der Waals surface area contributed by atoms with Crippen molar-refractivity contribution in [2.75, 3.05) is 13.2 Å². The van der Waals surface area contributed by atoms with Crippen molar-refractivity contribution >= 4 is 0 Å². The Morgan fingerprint density at radius 2 is 1.15 bits per heavy atom. The SMILES string of the molecule is CCCCCC.CCOOCC.Cc1cccc(C)c1. The number of benzene rings is 1. The molecule has 0 spiro atoms. The lowest BCUT2D eigenvalue weighted by Crippen LogP contribution is -1.90. The van der Waals surface area contributed by atoms with Gasteiger partial charge in [0, 0.05) is 0 Å². The average molecular weight is 282 g/mol. The van der Waals surface area contributed by atoms with Crippen LogP contribution in [0.5, 0.6) is 0 Å². The second-order valence-corrected chi connectivity index (χ2v) is 4.68. The number of hydrogen-bond acceptors (Lipinski definition) is 2. The van der Waals surface area contributed by atoms with Crippen molar-refractivity contribution in [3.05, 3.63) is 35.4 Å². The molecule has 0 radical (unpaired) electrons. The van der Waals surface area contributed by atoms with Gasteiger partial charge in [-0.1, -0.05) is 74.9 Å². The summed E-state index contributed by atoms with van der Waals surface area (Å²) in [6.07, 6.45) is 5.54. The van der Waals surface area contributed by atoms with Crippen LogP contribution in [0.4, 0.5) is 0 Å². The first-order valence-electron chi connectivity index (χ1n) is 7.89. The van der Waals surface area contributed by atoms with Crippen LogP contribution in [-0.4, -0.2) is 13.2 Å². The molecule has 0 atom stereocenters. The van der Waals surface area contributed by atoms with Gasteiger partial charge in [0.25, 0.3) is 0 Å². The highest BCUT2D eigenvalue weighted by Gasteiger charge is 1.80. The van der Waals surface area contributed by atoms with Gasteiger partial charge < -0.3 is 0 Å². The lowest BCUT2D eigenvalue weighted by molar-refractivity contribution is -0.287. The van der Waals surface area contributed by atoms with Crippen molar-refractivity contribution in [1.82, 2.24) is 0 Å². The molecule has 0 saturated carbocycles. The first-order valence-corrected chi connectivity index (χ1v) is 7.89. The first kappa shape index (κ1) is 21.4. The van der Waals surface area contributed by atoms with Gasteiger partial charge in [0.2, 0.25) is 0 Å². The van der Waals surface area contributed by atoms with Crippen molar-refractivity contribution < 1.29 is 9.78 Å². The summed E-state index contributed by atoms with van der Waals surface area (Å²) in [6, 6.07) is 8.45. The van der Waals surface area contributed by atoms with Gasteiger partial charge in [0.1, 0.15) is 0 Å². The van der Waals surface area contributed by atoms with Gasteiger partial charge in [-0.25, -0.2) is 9.78 Å². The van der Waals surface area contributed by atoms with E-state index in [0.717, 1.165) is 0 Å². The molecule has 0 amide bonds. The maximum Gasteiger partial charge on any atom is 0.0794 e. The zero-order valence-corrected chi connectivity index (χ0v) is 14.4. The van der Waals surface area contributed by atoms with Crippen LogP contribution in [0.15, 0.2) is 24.3 Å². The standard InChI is InChI=1S/C8H10.C6H14.C4H10O2/c1-7-4-3-5-8(2)6-7;2*1-3-5-6-4-2/h3-6H,1-2H3;3-6H2,1-2H3;3-4H2,1-2H3. The monoisotopic (exact) mass is 282 g/mol. The third kappa shape index (κ3) is 19.5. The molecule has 0 aliphatic heterocycles. The van der Waals surface area contributed by atoms with Gasteiger partial charge in [-0.15, -0.1) is 0 Å². The Morgan fingerprint density at radius 1 is 0.750 bits per heavy atom. The highest BCUT2D eigenvalue weighted by Crippen LogP contribution is 2.00. The Balaban J connectivity index is 0. The molecule has 1 rings (SSSR count). The first-order chi connectivity index (χ1) is 9.62. The summed E-state index contributed by atoms with van der Waals surface area (Å²) in [5, 5.41) is 0. The van der Waals surface area contributed by atoms with Gasteiger partial charge in [-0.2, -0.15) is 0 Å². The van der Waals surface area contributed by atoms with E-state index in [2.05, 4.69) is 61.7 Å². The second kappa shape index (κ2) is 18.1. The fourth-order valence-electron chi connectivity index (χ4n) is 1.47. The number of hydrogen-bond donors (Lipinski definition) is 0. The topological polar surface area (TPSA) is 18.5 Å². The van der Waals surface area contributed by atoms with E-state index in [9.17, 15) is 0 Å². The van der Waals surface area contributed by atoms with Gasteiger partial charge in [0.05, 0.1) is 13.2 Å². The summed E-state index contributed by atoms with van der Waals surface area (Å²) in [4.78, 5) is 8.97. The molecule has 0 unspecified atom stereocenters. The van der Waals surface area contributed by atoms with Crippen LogP contribution in [0, 0.1) is 13.8 Å². The van der Waals surface area contributed by atoms with E-state index in [1.54, 1.807) is 0 Å². The van der Waals surface area contributed by atoms with Crippen LogP contribution in [0.1, 0.15) is 64.5 Å². The minimum Gasteiger partial charge on any atom is -0.237 e. The summed E-state index contributed by atoms with van der Waals surface area (Å²) >= 11 is 0. The highest BCUT2D eigenvalue weighted by atomic mass is 17.2. The molecule has 0 aliphatic rings. The van der Waals surface area contributed by atoms with E-state index in [4.69, 9.17) is 0 Å². The quantitative estimate of drug-likeness (QED) is 0.369. The zero-order valence-electron chi connectivity index (χ0n) is 14.4. The Labute approximate surface area is 126 Å². The Morgan fingerprint density at radius 3 is 1.35 bits per heavy atom. The van der Waals surface area contributed by atoms with Crippen LogP contribution >= 0.6 is 0 Å². The van der Waals surface area contributed by atoms with Gasteiger partial charge >= 0.3 is 0 Å². The fourth-order valence-corrected chi connectivity index (χ4v) is 1.47. The minimum absolute atomic E-state index is 0.633. The molecule has 0 heterocycles. The van der Waals surface area contributed by atoms with E-state index in [1.165, 1.54) is 36.8 Å². The largest absolute Gasteiger partial charge is 0.237 e. The molecular formula is C18H34O2. The zero-order chi connectivity index (χ0) is 15.6. The van der Waals surface area contributed by atoms with Crippen molar-refractivity contribution in [1.29, 1.82) is 0 Å². The van der Waals surface area contributed by atoms with Crippen LogP contribution < -0.4 is 0 Å². The van der Waals surface area contributed by atoms with Crippen molar-refractivity contribution in [2.45, 2.75) is 67.2 Å². The van der Waals surface area contributed by atoms with Gasteiger partial charge in [-0.3, -0.25) is 0 Å². The summed E-state index contributed by atoms with van der Waals surface area (Å²) < 4.78 is 0. The molecule has 118 valence electrons. The van der Waals surface area contributed by atoms with E-state index in [1.807, 2.05) is 13.8 Å². The molecular weight excluding hydrogens is 248 g/mol. The van der Waals surface area contributed by atoms with Crippen molar-refractivity contribution in [2.24, 2.45) is 0 Å². The number of rotatable bonds is 6. The fraction of sp³-hybridized carbons (Fsp3) is 0.667. The molecule has 0 aromatic heterocycles. The normalized spacial score (nSPS) is 9.10. The summed E-state index contributed by atoms with van der Waals surface area (Å²) in [6.45, 7) is 13.7. The van der Waals surface area contributed by atoms with E-state index >= 15 is 0 Å². The van der Waals surface area contributed by atoms with Crippen LogP contribution in [0.25, 0.3) is 0 Å². The molecule has 0 aliphatic carbocycles. The lowest BCUT2D eigenvalue weighted by atomic mass is 10.2. The third-order valence-corrected chi connectivity index (χ3v) is 2.45. The summed E-state index contributed by atoms with van der Waals surface area (Å²) in [7, 11) is 0. The molecule has 0 fully saturated rings. The average Bonchev–Trinajstić information content (AvgIpc) is 2.44. The molecule has 0 N–H and O–H groups in total. The minimum atomic E-state index is 0.633. The van der Waals surface area contributed by atoms with Crippen LogP contribution in [0.2, 0.25) is 0 Å². The predicted molar refractivity (Wildman–Crippen MR) is 89.0 cm³/mol. The Bertz CT molecular complexity index is 251. The van der Waals surface area contributed by atoms with Crippen molar-refractivity contribution in [3.8, 4) is 0 Å². The molecule has 20 heavy (non-hydrogen) atoms. The summed E-state index contributed by atoms with van der Waals surface area (Å²) in [5.41, 5.74) is 2.68. The molecule has 0 saturated heterocycles. The Kier molecular flexibility index (Phi) is 19.4. The predicted octanol–water partition coefficient (Wildman–Crippen LogP) is 5.86. The van der Waals surface area contributed by atoms with E-state index < -0.39 is 0 Å². The van der Waals surface area contributed by atoms with Gasteiger partial charge in [-0.05, 0) is 27.7 Å². The molecule has 0 bridgehead atoms. The smallest absolute Gasteiger partial charge is 0.0794 e. The second-order valence-electron chi connectivity index (χ2n) is 4.68. The number of aryl methyl sites for hydroxylation is 2.